The van der Waals surface area contributed by atoms with E-state index in [4.69, 9.17) is 0 Å². The number of piperazine rings is 1. The van der Waals surface area contributed by atoms with Crippen LogP contribution in [-0.4, -0.2) is 75.5 Å². The fourth-order valence-corrected chi connectivity index (χ4v) is 4.22. The molecule has 2 aliphatic heterocycles. The number of nitrogens with one attached hydrogen (secondary N) is 2. The first-order chi connectivity index (χ1) is 15.5. The van der Waals surface area contributed by atoms with Gasteiger partial charge < -0.3 is 19.9 Å². The molecule has 1 unspecified atom stereocenters. The average Bonchev–Trinajstić information content (AvgIpc) is 3.34. The molecule has 1 atom stereocenters. The van der Waals surface area contributed by atoms with Gasteiger partial charge in [-0.3, -0.25) is 19.5 Å². The molecule has 9 nitrogen and oxygen atoms in total. The standard InChI is InChI=1S/C23H27N5O4/c1-2-26-12-14-27(15-13-26)22(31)19-10-11-20(29)28(19)17-8-6-16(7-9-17)4-3-5-18-21(30)25-23(32)24-18/h6-9,19,30H,2,5,10-15H2,1H3,(H2,24,25,32). The van der Waals surface area contributed by atoms with Crippen LogP contribution < -0.4 is 10.6 Å². The monoisotopic (exact) mass is 437 g/mol. The minimum Gasteiger partial charge on any atom is -0.493 e. The van der Waals surface area contributed by atoms with Crippen LogP contribution >= 0.6 is 0 Å². The molecule has 0 bridgehead atoms. The second-order valence-electron chi connectivity index (χ2n) is 8.01. The van der Waals surface area contributed by atoms with E-state index in [1.54, 1.807) is 29.2 Å². The Kier molecular flexibility index (Phi) is 6.32. The molecule has 0 spiro atoms. The minimum atomic E-state index is -0.477. The number of imidazole rings is 1. The van der Waals surface area contributed by atoms with Crippen LogP contribution in [0.4, 0.5) is 5.69 Å². The first kappa shape index (κ1) is 21.7. The molecule has 2 fully saturated rings. The zero-order chi connectivity index (χ0) is 22.7. The number of hydrogen-bond donors (Lipinski definition) is 3. The number of carbonyl (C=O) groups is 2. The summed E-state index contributed by atoms with van der Waals surface area (Å²) in [4.78, 5) is 47.4. The number of aromatic hydroxyl groups is 1. The molecule has 2 amide bonds. The van der Waals surface area contributed by atoms with Gasteiger partial charge in [-0.15, -0.1) is 0 Å². The molecule has 2 aliphatic rings. The van der Waals surface area contributed by atoms with E-state index >= 15 is 0 Å². The summed E-state index contributed by atoms with van der Waals surface area (Å²) in [5.74, 6) is 5.65. The third-order valence-corrected chi connectivity index (χ3v) is 6.05. The van der Waals surface area contributed by atoms with Gasteiger partial charge in [-0.05, 0) is 37.2 Å². The SMILES string of the molecule is CCN1CCN(C(=O)C2CCC(=O)N2c2ccc(C#CCc3[nH]c(=O)[nH]c3O)cc2)CC1. The lowest BCUT2D eigenvalue weighted by atomic mass is 10.1. The molecule has 168 valence electrons. The number of aromatic nitrogens is 2. The number of nitrogens with zero attached hydrogens (tertiary/aromatic N) is 3. The third-order valence-electron chi connectivity index (χ3n) is 6.05. The molecular formula is C23H27N5O4. The Bertz CT molecular complexity index is 1100. The van der Waals surface area contributed by atoms with Crippen LogP contribution in [0.2, 0.25) is 0 Å². The van der Waals surface area contributed by atoms with Gasteiger partial charge in [0.2, 0.25) is 17.7 Å². The summed E-state index contributed by atoms with van der Waals surface area (Å²) in [6, 6.07) is 6.75. The molecule has 3 heterocycles. The zero-order valence-corrected chi connectivity index (χ0v) is 18.1. The van der Waals surface area contributed by atoms with Gasteiger partial charge in [-0.1, -0.05) is 18.8 Å². The fraction of sp³-hybridized carbons (Fsp3) is 0.435. The maximum atomic E-state index is 13.1. The summed E-state index contributed by atoms with van der Waals surface area (Å²) in [5, 5.41) is 9.58. The van der Waals surface area contributed by atoms with Crippen LogP contribution in [0.5, 0.6) is 5.88 Å². The van der Waals surface area contributed by atoms with Crippen molar-refractivity contribution < 1.29 is 14.7 Å². The van der Waals surface area contributed by atoms with E-state index in [2.05, 4.69) is 33.6 Å². The Hall–Kier alpha value is -3.51. The molecule has 4 rings (SSSR count). The molecule has 2 aromatic rings. The Morgan fingerprint density at radius 3 is 2.47 bits per heavy atom. The number of hydrogen-bond acceptors (Lipinski definition) is 5. The average molecular weight is 438 g/mol. The largest absolute Gasteiger partial charge is 0.493 e. The van der Waals surface area contributed by atoms with Gasteiger partial charge in [0.05, 0.1) is 12.1 Å². The van der Waals surface area contributed by atoms with Crippen LogP contribution in [0.3, 0.4) is 0 Å². The smallest absolute Gasteiger partial charge is 0.325 e. The number of likely N-dealkylation sites (N-methyl/N-ethyl adjacent to an activating group) is 1. The van der Waals surface area contributed by atoms with Crippen LogP contribution in [0.25, 0.3) is 0 Å². The number of rotatable bonds is 4. The van der Waals surface area contributed by atoms with Crippen molar-refractivity contribution in [1.29, 1.82) is 0 Å². The van der Waals surface area contributed by atoms with Crippen molar-refractivity contribution in [2.75, 3.05) is 37.6 Å². The first-order valence-electron chi connectivity index (χ1n) is 10.9. The van der Waals surface area contributed by atoms with Crippen molar-refractivity contribution in [2.45, 2.75) is 32.2 Å². The highest BCUT2D eigenvalue weighted by Gasteiger charge is 2.39. The van der Waals surface area contributed by atoms with E-state index in [0.717, 1.165) is 25.2 Å². The van der Waals surface area contributed by atoms with Crippen LogP contribution in [0.1, 0.15) is 31.0 Å². The molecule has 1 aromatic carbocycles. The fourth-order valence-electron chi connectivity index (χ4n) is 4.22. The van der Waals surface area contributed by atoms with Crippen molar-refractivity contribution in [3.63, 3.8) is 0 Å². The van der Waals surface area contributed by atoms with Gasteiger partial charge in [0, 0.05) is 43.9 Å². The topological polar surface area (TPSA) is 113 Å². The highest BCUT2D eigenvalue weighted by Crippen LogP contribution is 2.28. The van der Waals surface area contributed by atoms with Crippen molar-refractivity contribution in [3.8, 4) is 17.7 Å². The number of benzene rings is 1. The van der Waals surface area contributed by atoms with E-state index < -0.39 is 11.7 Å². The van der Waals surface area contributed by atoms with Gasteiger partial charge in [0.15, 0.2) is 0 Å². The summed E-state index contributed by atoms with van der Waals surface area (Å²) >= 11 is 0. The summed E-state index contributed by atoms with van der Waals surface area (Å²) in [6.45, 7) is 6.22. The van der Waals surface area contributed by atoms with Gasteiger partial charge >= 0.3 is 5.69 Å². The van der Waals surface area contributed by atoms with Crippen molar-refractivity contribution in [2.24, 2.45) is 0 Å². The summed E-state index contributed by atoms with van der Waals surface area (Å²) in [5.41, 5.74) is 1.28. The quantitative estimate of drug-likeness (QED) is 0.609. The minimum absolute atomic E-state index is 0.0239. The lowest BCUT2D eigenvalue weighted by Crippen LogP contribution is -2.54. The normalized spacial score (nSPS) is 19.2. The Balaban J connectivity index is 1.43. The highest BCUT2D eigenvalue weighted by atomic mass is 16.3. The molecule has 2 saturated heterocycles. The van der Waals surface area contributed by atoms with Gasteiger partial charge in [0.1, 0.15) is 6.04 Å². The molecule has 3 N–H and O–H groups in total. The second kappa shape index (κ2) is 9.32. The van der Waals surface area contributed by atoms with Gasteiger partial charge in [-0.25, -0.2) is 4.79 Å². The maximum Gasteiger partial charge on any atom is 0.325 e. The summed E-state index contributed by atoms with van der Waals surface area (Å²) in [6.07, 6.45) is 1.09. The van der Waals surface area contributed by atoms with Crippen LogP contribution in [0.15, 0.2) is 29.1 Å². The number of amides is 2. The number of carbonyl (C=O) groups excluding carboxylic acids is 2. The maximum absolute atomic E-state index is 13.1. The highest BCUT2D eigenvalue weighted by molar-refractivity contribution is 6.03. The Labute approximate surface area is 186 Å². The lowest BCUT2D eigenvalue weighted by Gasteiger charge is -2.36. The van der Waals surface area contributed by atoms with Gasteiger partial charge in [0.25, 0.3) is 0 Å². The molecular weight excluding hydrogens is 410 g/mol. The Morgan fingerprint density at radius 2 is 1.84 bits per heavy atom. The zero-order valence-electron chi connectivity index (χ0n) is 18.1. The molecule has 0 aliphatic carbocycles. The second-order valence-corrected chi connectivity index (χ2v) is 8.01. The number of aromatic amines is 2. The predicted octanol–water partition coefficient (Wildman–Crippen LogP) is 0.662. The van der Waals surface area contributed by atoms with E-state index in [9.17, 15) is 19.5 Å². The number of H-pyrrole nitrogens is 2. The summed E-state index contributed by atoms with van der Waals surface area (Å²) in [7, 11) is 0. The molecule has 0 saturated carbocycles. The Morgan fingerprint density at radius 1 is 1.12 bits per heavy atom. The molecule has 0 radical (unpaired) electrons. The van der Waals surface area contributed by atoms with Crippen LogP contribution in [0, 0.1) is 11.8 Å². The van der Waals surface area contributed by atoms with Gasteiger partial charge in [-0.2, -0.15) is 0 Å². The van der Waals surface area contributed by atoms with Crippen molar-refractivity contribution in [3.05, 3.63) is 46.0 Å². The van der Waals surface area contributed by atoms with Crippen molar-refractivity contribution >= 4 is 17.5 Å². The van der Waals surface area contributed by atoms with Crippen molar-refractivity contribution in [1.82, 2.24) is 19.8 Å². The molecule has 1 aromatic heterocycles. The third kappa shape index (κ3) is 4.55. The number of anilines is 1. The summed E-state index contributed by atoms with van der Waals surface area (Å²) < 4.78 is 0. The van der Waals surface area contributed by atoms with E-state index in [1.807, 2.05) is 4.90 Å². The first-order valence-corrected chi connectivity index (χ1v) is 10.9. The lowest BCUT2D eigenvalue weighted by molar-refractivity contribution is -0.134. The predicted molar refractivity (Wildman–Crippen MR) is 119 cm³/mol. The van der Waals surface area contributed by atoms with E-state index in [0.29, 0.717) is 37.3 Å². The van der Waals surface area contributed by atoms with E-state index in [1.165, 1.54) is 0 Å². The molecule has 9 heteroatoms. The molecule has 32 heavy (non-hydrogen) atoms. The van der Waals surface area contributed by atoms with E-state index in [-0.39, 0.29) is 24.1 Å². The van der Waals surface area contributed by atoms with Crippen LogP contribution in [-0.2, 0) is 16.0 Å².